The molecule has 1 N–H and O–H groups in total. The second-order valence-electron chi connectivity index (χ2n) is 6.05. The fourth-order valence-corrected chi connectivity index (χ4v) is 3.26. The highest BCUT2D eigenvalue weighted by molar-refractivity contribution is 6.30. The van der Waals surface area contributed by atoms with Crippen molar-refractivity contribution in [1.82, 2.24) is 0 Å². The molecule has 1 unspecified atom stereocenters. The van der Waals surface area contributed by atoms with Gasteiger partial charge in [0.15, 0.2) is 0 Å². The second kappa shape index (κ2) is 6.61. The molecule has 0 radical (unpaired) electrons. The topological polar surface area (TPSA) is 35.8 Å². The normalized spacial score (nSPS) is 16.8. The molecule has 0 bridgehead atoms. The number of phenolic OH excluding ortho intramolecular Hbond substituents is 1. The van der Waals surface area contributed by atoms with Crippen LogP contribution in [0.3, 0.4) is 0 Å². The fraction of sp³-hybridized carbons (Fsp3) is 0.0952. The molecule has 1 aliphatic heterocycles. The number of rotatable bonds is 3. The third kappa shape index (κ3) is 3.24. The average Bonchev–Trinajstić information content (AvgIpc) is 3.08. The maximum atomic E-state index is 9.87. The lowest BCUT2D eigenvalue weighted by atomic mass is 9.98. The SMILES string of the molecule is Oc1cccc(C2CC(c3ccc(Cl)cc3)=NN2c2ccccc2)c1. The highest BCUT2D eigenvalue weighted by atomic mass is 35.5. The summed E-state index contributed by atoms with van der Waals surface area (Å²) < 4.78 is 0. The van der Waals surface area contributed by atoms with Gasteiger partial charge in [0.05, 0.1) is 17.4 Å². The zero-order valence-corrected chi connectivity index (χ0v) is 14.3. The zero-order valence-electron chi connectivity index (χ0n) is 13.5. The van der Waals surface area contributed by atoms with Gasteiger partial charge in [0.2, 0.25) is 0 Å². The summed E-state index contributed by atoms with van der Waals surface area (Å²) in [7, 11) is 0. The number of nitrogens with zero attached hydrogens (tertiary/aromatic N) is 2. The highest BCUT2D eigenvalue weighted by Gasteiger charge is 2.30. The molecule has 25 heavy (non-hydrogen) atoms. The van der Waals surface area contributed by atoms with Crippen LogP contribution >= 0.6 is 11.6 Å². The van der Waals surface area contributed by atoms with Crippen LogP contribution in [0, 0.1) is 0 Å². The third-order valence-electron chi connectivity index (χ3n) is 4.36. The Kier molecular flexibility index (Phi) is 4.16. The van der Waals surface area contributed by atoms with E-state index in [2.05, 4.69) is 0 Å². The van der Waals surface area contributed by atoms with E-state index in [0.29, 0.717) is 5.02 Å². The summed E-state index contributed by atoms with van der Waals surface area (Å²) >= 11 is 6.01. The minimum atomic E-state index is 0.0418. The van der Waals surface area contributed by atoms with E-state index in [1.165, 1.54) is 0 Å². The average molecular weight is 349 g/mol. The molecule has 0 fully saturated rings. The first kappa shape index (κ1) is 15.7. The van der Waals surface area contributed by atoms with E-state index in [1.54, 1.807) is 12.1 Å². The number of benzene rings is 3. The minimum Gasteiger partial charge on any atom is -0.508 e. The maximum absolute atomic E-state index is 9.87. The Morgan fingerprint density at radius 3 is 2.40 bits per heavy atom. The molecule has 4 heteroatoms. The van der Waals surface area contributed by atoms with E-state index in [-0.39, 0.29) is 11.8 Å². The Hall–Kier alpha value is -2.78. The molecular formula is C21H17ClN2O. The van der Waals surface area contributed by atoms with Crippen molar-refractivity contribution in [3.63, 3.8) is 0 Å². The summed E-state index contributed by atoms with van der Waals surface area (Å²) in [4.78, 5) is 0. The van der Waals surface area contributed by atoms with Gasteiger partial charge in [-0.05, 0) is 47.5 Å². The second-order valence-corrected chi connectivity index (χ2v) is 6.49. The van der Waals surface area contributed by atoms with Crippen LogP contribution in [0.5, 0.6) is 5.75 Å². The number of hydrazone groups is 1. The van der Waals surface area contributed by atoms with Crippen molar-refractivity contribution in [3.05, 3.63) is 95.0 Å². The molecule has 0 aromatic heterocycles. The Balaban J connectivity index is 1.75. The summed E-state index contributed by atoms with van der Waals surface area (Å²) in [5.74, 6) is 0.269. The van der Waals surface area contributed by atoms with Crippen LogP contribution < -0.4 is 5.01 Å². The Morgan fingerprint density at radius 1 is 0.920 bits per heavy atom. The molecule has 0 spiro atoms. The van der Waals surface area contributed by atoms with E-state index in [0.717, 1.165) is 28.9 Å². The zero-order chi connectivity index (χ0) is 17.2. The van der Waals surface area contributed by atoms with Crippen molar-refractivity contribution < 1.29 is 5.11 Å². The van der Waals surface area contributed by atoms with Gasteiger partial charge in [-0.3, -0.25) is 5.01 Å². The maximum Gasteiger partial charge on any atom is 0.115 e. The lowest BCUT2D eigenvalue weighted by molar-refractivity contribution is 0.473. The van der Waals surface area contributed by atoms with Crippen LogP contribution in [0.15, 0.2) is 84.0 Å². The van der Waals surface area contributed by atoms with E-state index in [9.17, 15) is 5.11 Å². The molecule has 1 atom stereocenters. The first-order chi connectivity index (χ1) is 12.2. The lowest BCUT2D eigenvalue weighted by Crippen LogP contribution is -2.18. The number of anilines is 1. The molecule has 1 heterocycles. The minimum absolute atomic E-state index is 0.0418. The predicted molar refractivity (Wildman–Crippen MR) is 102 cm³/mol. The first-order valence-corrected chi connectivity index (χ1v) is 8.55. The number of hydrogen-bond donors (Lipinski definition) is 1. The molecular weight excluding hydrogens is 332 g/mol. The van der Waals surface area contributed by atoms with Crippen LogP contribution in [0.2, 0.25) is 5.02 Å². The molecule has 3 aromatic rings. The van der Waals surface area contributed by atoms with Gasteiger partial charge < -0.3 is 5.11 Å². The van der Waals surface area contributed by atoms with Crippen molar-refractivity contribution in [3.8, 4) is 5.75 Å². The van der Waals surface area contributed by atoms with Gasteiger partial charge in [0.25, 0.3) is 0 Å². The Labute approximate surface area is 151 Å². The van der Waals surface area contributed by atoms with Crippen LogP contribution in [0.25, 0.3) is 0 Å². The van der Waals surface area contributed by atoms with Gasteiger partial charge in [-0.15, -0.1) is 0 Å². The highest BCUT2D eigenvalue weighted by Crippen LogP contribution is 2.37. The third-order valence-corrected chi connectivity index (χ3v) is 4.62. The van der Waals surface area contributed by atoms with Gasteiger partial charge in [0.1, 0.15) is 5.75 Å². The van der Waals surface area contributed by atoms with Crippen LogP contribution in [-0.4, -0.2) is 10.8 Å². The van der Waals surface area contributed by atoms with Crippen molar-refractivity contribution >= 4 is 23.0 Å². The van der Waals surface area contributed by atoms with Gasteiger partial charge in [-0.1, -0.05) is 54.1 Å². The summed E-state index contributed by atoms with van der Waals surface area (Å²) in [6.45, 7) is 0. The number of aromatic hydroxyl groups is 1. The van der Waals surface area contributed by atoms with Gasteiger partial charge in [-0.2, -0.15) is 5.10 Å². The summed E-state index contributed by atoms with van der Waals surface area (Å²) in [6.07, 6.45) is 0.764. The van der Waals surface area contributed by atoms with Gasteiger partial charge >= 0.3 is 0 Å². The van der Waals surface area contributed by atoms with Crippen molar-refractivity contribution in [2.75, 3.05) is 5.01 Å². The monoisotopic (exact) mass is 348 g/mol. The van der Waals surface area contributed by atoms with E-state index in [1.807, 2.05) is 71.7 Å². The molecule has 3 aromatic carbocycles. The molecule has 4 rings (SSSR count). The Bertz CT molecular complexity index is 907. The molecule has 0 amide bonds. The van der Waals surface area contributed by atoms with E-state index in [4.69, 9.17) is 16.7 Å². The van der Waals surface area contributed by atoms with Crippen LogP contribution in [0.4, 0.5) is 5.69 Å². The molecule has 0 aliphatic carbocycles. The van der Waals surface area contributed by atoms with Crippen molar-refractivity contribution in [1.29, 1.82) is 0 Å². The lowest BCUT2D eigenvalue weighted by Gasteiger charge is -2.24. The number of para-hydroxylation sites is 1. The number of hydrogen-bond acceptors (Lipinski definition) is 3. The molecule has 0 saturated heterocycles. The first-order valence-electron chi connectivity index (χ1n) is 8.17. The molecule has 0 saturated carbocycles. The molecule has 124 valence electrons. The number of halogens is 1. The van der Waals surface area contributed by atoms with Crippen LogP contribution in [-0.2, 0) is 0 Å². The van der Waals surface area contributed by atoms with Gasteiger partial charge in [0, 0.05) is 11.4 Å². The van der Waals surface area contributed by atoms with Gasteiger partial charge in [-0.25, -0.2) is 0 Å². The van der Waals surface area contributed by atoms with E-state index < -0.39 is 0 Å². The molecule has 3 nitrogen and oxygen atoms in total. The predicted octanol–water partition coefficient (Wildman–Crippen LogP) is 5.40. The summed E-state index contributed by atoms with van der Waals surface area (Å²) in [5.41, 5.74) is 4.14. The number of phenols is 1. The quantitative estimate of drug-likeness (QED) is 0.687. The van der Waals surface area contributed by atoms with E-state index >= 15 is 0 Å². The Morgan fingerprint density at radius 2 is 1.68 bits per heavy atom. The van der Waals surface area contributed by atoms with Crippen molar-refractivity contribution in [2.45, 2.75) is 12.5 Å². The fourth-order valence-electron chi connectivity index (χ4n) is 3.14. The summed E-state index contributed by atoms with van der Waals surface area (Å²) in [6, 6.07) is 25.3. The van der Waals surface area contributed by atoms with Crippen LogP contribution in [0.1, 0.15) is 23.6 Å². The smallest absolute Gasteiger partial charge is 0.115 e. The van der Waals surface area contributed by atoms with Crippen molar-refractivity contribution in [2.24, 2.45) is 5.10 Å². The summed E-state index contributed by atoms with van der Waals surface area (Å²) in [5, 5.41) is 17.5. The largest absolute Gasteiger partial charge is 0.508 e. The molecule has 1 aliphatic rings. The standard InChI is InChI=1S/C21H17ClN2O/c22-17-11-9-15(10-12-17)20-14-21(16-5-4-8-19(25)13-16)24(23-20)18-6-2-1-3-7-18/h1-13,21,25H,14H2.